The van der Waals surface area contributed by atoms with Crippen LogP contribution in [-0.4, -0.2) is 29.4 Å². The normalized spacial score (nSPS) is 11.9. The Morgan fingerprint density at radius 1 is 0.974 bits per heavy atom. The van der Waals surface area contributed by atoms with Crippen molar-refractivity contribution in [2.75, 3.05) is 6.61 Å². The van der Waals surface area contributed by atoms with Gasteiger partial charge in [-0.1, -0.05) is 6.92 Å². The van der Waals surface area contributed by atoms with Crippen molar-refractivity contribution >= 4 is 12.1 Å². The van der Waals surface area contributed by atoms with Crippen LogP contribution in [0.1, 0.15) is 60.5 Å². The van der Waals surface area contributed by atoms with Crippen LogP contribution in [0.4, 0.5) is 0 Å². The van der Waals surface area contributed by atoms with Crippen LogP contribution in [0, 0.1) is 13.8 Å². The summed E-state index contributed by atoms with van der Waals surface area (Å²) in [5, 5.41) is 4.06. The van der Waals surface area contributed by atoms with Gasteiger partial charge in [0, 0.05) is 17.1 Å². The van der Waals surface area contributed by atoms with Crippen molar-refractivity contribution in [3.05, 3.63) is 95.2 Å². The Balaban J connectivity index is 1.31. The molecule has 4 aromatic rings. The Morgan fingerprint density at radius 3 is 2.41 bits per heavy atom. The van der Waals surface area contributed by atoms with Crippen LogP contribution in [0.2, 0.25) is 0 Å². The molecule has 0 radical (unpaired) electrons. The first-order valence-electron chi connectivity index (χ1n) is 13.1. The SMILES string of the molecule is CCOc1cc(/C=N/NC(=O)c2ccc(COc3ccc(-n4c(C)ccc4C)cc3)o2)ccc1O[C@@H](C)CC. The molecule has 2 aromatic carbocycles. The highest BCUT2D eigenvalue weighted by Gasteiger charge is 2.12. The van der Waals surface area contributed by atoms with E-state index < -0.39 is 5.91 Å². The average molecular weight is 530 g/mol. The van der Waals surface area contributed by atoms with Gasteiger partial charge in [-0.15, -0.1) is 0 Å². The molecule has 2 heterocycles. The van der Waals surface area contributed by atoms with Crippen molar-refractivity contribution in [2.24, 2.45) is 5.10 Å². The van der Waals surface area contributed by atoms with Gasteiger partial charge in [-0.25, -0.2) is 5.43 Å². The van der Waals surface area contributed by atoms with Crippen molar-refractivity contribution in [3.8, 4) is 22.9 Å². The minimum atomic E-state index is -0.457. The highest BCUT2D eigenvalue weighted by Crippen LogP contribution is 2.29. The molecule has 4 rings (SSSR count). The van der Waals surface area contributed by atoms with Crippen LogP contribution in [0.15, 0.2) is 76.2 Å². The molecule has 0 aliphatic carbocycles. The molecular weight excluding hydrogens is 494 g/mol. The van der Waals surface area contributed by atoms with E-state index in [1.807, 2.05) is 56.3 Å². The molecule has 2 aromatic heterocycles. The van der Waals surface area contributed by atoms with Gasteiger partial charge in [-0.3, -0.25) is 4.79 Å². The van der Waals surface area contributed by atoms with Gasteiger partial charge in [0.2, 0.25) is 0 Å². The van der Waals surface area contributed by atoms with E-state index in [4.69, 9.17) is 18.6 Å². The number of benzene rings is 2. The van der Waals surface area contributed by atoms with Crippen molar-refractivity contribution in [1.82, 2.24) is 9.99 Å². The second kappa shape index (κ2) is 12.9. The molecule has 39 heavy (non-hydrogen) atoms. The summed E-state index contributed by atoms with van der Waals surface area (Å²) < 4.78 is 25.3. The van der Waals surface area contributed by atoms with Crippen molar-refractivity contribution < 1.29 is 23.4 Å². The first-order valence-corrected chi connectivity index (χ1v) is 13.1. The number of hydrogen-bond donors (Lipinski definition) is 1. The second-order valence-corrected chi connectivity index (χ2v) is 9.18. The van der Waals surface area contributed by atoms with E-state index >= 15 is 0 Å². The molecule has 0 unspecified atom stereocenters. The fourth-order valence-electron chi connectivity index (χ4n) is 3.99. The van der Waals surface area contributed by atoms with Gasteiger partial charge in [0.1, 0.15) is 18.1 Å². The molecule has 8 nitrogen and oxygen atoms in total. The van der Waals surface area contributed by atoms with Crippen molar-refractivity contribution in [2.45, 2.75) is 53.8 Å². The van der Waals surface area contributed by atoms with E-state index in [0.29, 0.717) is 29.6 Å². The third kappa shape index (κ3) is 7.10. The molecule has 0 saturated heterocycles. The average Bonchev–Trinajstić information content (AvgIpc) is 3.55. The first-order chi connectivity index (χ1) is 18.9. The van der Waals surface area contributed by atoms with Gasteiger partial charge < -0.3 is 23.2 Å². The van der Waals surface area contributed by atoms with Crippen LogP contribution in [0.3, 0.4) is 0 Å². The molecule has 1 amide bonds. The maximum atomic E-state index is 12.5. The summed E-state index contributed by atoms with van der Waals surface area (Å²) in [5.41, 5.74) is 6.67. The van der Waals surface area contributed by atoms with Gasteiger partial charge >= 0.3 is 5.91 Å². The quantitative estimate of drug-likeness (QED) is 0.165. The highest BCUT2D eigenvalue weighted by atomic mass is 16.5. The lowest BCUT2D eigenvalue weighted by atomic mass is 10.2. The molecule has 0 saturated carbocycles. The molecule has 8 heteroatoms. The number of ether oxygens (including phenoxy) is 3. The lowest BCUT2D eigenvalue weighted by molar-refractivity contribution is 0.0923. The predicted molar refractivity (Wildman–Crippen MR) is 151 cm³/mol. The molecule has 204 valence electrons. The Bertz CT molecular complexity index is 1400. The topological polar surface area (TPSA) is 87.2 Å². The van der Waals surface area contributed by atoms with E-state index in [9.17, 15) is 4.79 Å². The molecule has 0 aliphatic rings. The minimum Gasteiger partial charge on any atom is -0.490 e. The lowest BCUT2D eigenvalue weighted by Crippen LogP contribution is -2.16. The number of nitrogens with zero attached hydrogens (tertiary/aromatic N) is 2. The summed E-state index contributed by atoms with van der Waals surface area (Å²) in [6, 6.07) is 20.9. The minimum absolute atomic E-state index is 0.0795. The number of carbonyl (C=O) groups excluding carboxylic acids is 1. The summed E-state index contributed by atoms with van der Waals surface area (Å²) >= 11 is 0. The molecule has 0 fully saturated rings. The number of nitrogens with one attached hydrogen (secondary N) is 1. The lowest BCUT2D eigenvalue weighted by Gasteiger charge is -2.16. The second-order valence-electron chi connectivity index (χ2n) is 9.18. The van der Waals surface area contributed by atoms with Gasteiger partial charge in [-0.2, -0.15) is 5.10 Å². The van der Waals surface area contributed by atoms with E-state index in [-0.39, 0.29) is 18.5 Å². The summed E-state index contributed by atoms with van der Waals surface area (Å²) in [6.45, 7) is 10.9. The van der Waals surface area contributed by atoms with Crippen molar-refractivity contribution in [3.63, 3.8) is 0 Å². The fraction of sp³-hybridized carbons (Fsp3) is 0.290. The van der Waals surface area contributed by atoms with Gasteiger partial charge in [0.15, 0.2) is 17.3 Å². The third-order valence-electron chi connectivity index (χ3n) is 6.18. The number of furan rings is 1. The van der Waals surface area contributed by atoms with Gasteiger partial charge in [0.25, 0.3) is 0 Å². The van der Waals surface area contributed by atoms with Gasteiger partial charge in [0.05, 0.1) is 18.9 Å². The Morgan fingerprint density at radius 2 is 1.72 bits per heavy atom. The van der Waals surface area contributed by atoms with Crippen LogP contribution >= 0.6 is 0 Å². The number of amides is 1. The highest BCUT2D eigenvalue weighted by molar-refractivity contribution is 5.92. The van der Waals surface area contributed by atoms with E-state index in [1.165, 1.54) is 11.4 Å². The molecule has 0 bridgehead atoms. The van der Waals surface area contributed by atoms with Crippen LogP contribution < -0.4 is 19.6 Å². The Hall–Kier alpha value is -4.46. The predicted octanol–water partition coefficient (Wildman–Crippen LogP) is 6.61. The van der Waals surface area contributed by atoms with Crippen molar-refractivity contribution in [1.29, 1.82) is 0 Å². The van der Waals surface area contributed by atoms with Crippen LogP contribution in [-0.2, 0) is 6.61 Å². The molecule has 1 atom stereocenters. The molecule has 1 N–H and O–H groups in total. The number of hydrogen-bond acceptors (Lipinski definition) is 6. The largest absolute Gasteiger partial charge is 0.490 e. The summed E-state index contributed by atoms with van der Waals surface area (Å²) in [6.07, 6.45) is 2.51. The van der Waals surface area contributed by atoms with E-state index in [2.05, 4.69) is 48.0 Å². The van der Waals surface area contributed by atoms with Gasteiger partial charge in [-0.05, 0) is 106 Å². The summed E-state index contributed by atoms with van der Waals surface area (Å²) in [5.74, 6) is 2.24. The number of hydrazone groups is 1. The number of rotatable bonds is 12. The molecule has 0 aliphatic heterocycles. The maximum absolute atomic E-state index is 12.5. The zero-order valence-corrected chi connectivity index (χ0v) is 23.1. The Labute approximate surface area is 229 Å². The smallest absolute Gasteiger partial charge is 0.307 e. The summed E-state index contributed by atoms with van der Waals surface area (Å²) in [4.78, 5) is 12.5. The van der Waals surface area contributed by atoms with Crippen LogP contribution in [0.25, 0.3) is 5.69 Å². The van der Waals surface area contributed by atoms with E-state index in [1.54, 1.807) is 18.3 Å². The number of aryl methyl sites for hydroxylation is 2. The fourth-order valence-corrected chi connectivity index (χ4v) is 3.99. The van der Waals surface area contributed by atoms with E-state index in [0.717, 1.165) is 17.7 Å². The standard InChI is InChI=1S/C31H35N3O5/c1-6-23(5)38-28-16-10-24(18-30(28)36-7-2)19-32-33-31(35)29-17-15-27(39-29)20-37-26-13-11-25(12-14-26)34-21(3)8-9-22(34)4/h8-19,23H,6-7,20H2,1-5H3,(H,33,35)/b32-19+/t23-/m0/s1. The maximum Gasteiger partial charge on any atom is 0.307 e. The summed E-state index contributed by atoms with van der Waals surface area (Å²) in [7, 11) is 0. The first kappa shape index (κ1) is 27.6. The zero-order valence-electron chi connectivity index (χ0n) is 23.1. The third-order valence-corrected chi connectivity index (χ3v) is 6.18. The number of aromatic nitrogens is 1. The Kier molecular flexibility index (Phi) is 9.10. The zero-order chi connectivity index (χ0) is 27.8. The van der Waals surface area contributed by atoms with Crippen LogP contribution in [0.5, 0.6) is 17.2 Å². The number of carbonyl (C=O) groups is 1. The monoisotopic (exact) mass is 529 g/mol. The molecule has 0 spiro atoms. The molecular formula is C31H35N3O5.